The Balaban J connectivity index is 2.88. The highest BCUT2D eigenvalue weighted by molar-refractivity contribution is 6.06. The van der Waals surface area contributed by atoms with Crippen LogP contribution < -0.4 is 15.8 Å². The van der Waals surface area contributed by atoms with Gasteiger partial charge in [-0.1, -0.05) is 6.92 Å². The van der Waals surface area contributed by atoms with Gasteiger partial charge in [0, 0.05) is 12.3 Å². The standard InChI is InChI=1S/C12H17N3O4/c1-3-6-19-8-4-5-14-9(10(8)16)12(18)15-11(17)7(2)13/h4-5,7,16H,3,6,13H2,1-2H3,(H,15,17,18)/t7-/m1/s1. The van der Waals surface area contributed by atoms with Crippen molar-refractivity contribution in [2.75, 3.05) is 6.61 Å². The predicted molar refractivity (Wildman–Crippen MR) is 67.8 cm³/mol. The lowest BCUT2D eigenvalue weighted by Gasteiger charge is -2.10. The lowest BCUT2D eigenvalue weighted by molar-refractivity contribution is -0.121. The van der Waals surface area contributed by atoms with Crippen LogP contribution in [0.5, 0.6) is 11.5 Å². The molecule has 0 saturated carbocycles. The van der Waals surface area contributed by atoms with Gasteiger partial charge in [-0.2, -0.15) is 0 Å². The van der Waals surface area contributed by atoms with Crippen LogP contribution in [0.15, 0.2) is 12.3 Å². The number of imide groups is 1. The first-order chi connectivity index (χ1) is 8.97. The highest BCUT2D eigenvalue weighted by Gasteiger charge is 2.20. The van der Waals surface area contributed by atoms with Crippen LogP contribution in [0.4, 0.5) is 0 Å². The zero-order valence-electron chi connectivity index (χ0n) is 10.8. The van der Waals surface area contributed by atoms with Crippen LogP contribution in [-0.4, -0.2) is 34.6 Å². The van der Waals surface area contributed by atoms with Crippen molar-refractivity contribution in [1.29, 1.82) is 0 Å². The van der Waals surface area contributed by atoms with Gasteiger partial charge in [-0.25, -0.2) is 4.98 Å². The SMILES string of the molecule is CCCOc1ccnc(C(=O)NC(=O)[C@@H](C)N)c1O. The van der Waals surface area contributed by atoms with E-state index >= 15 is 0 Å². The molecule has 1 aromatic rings. The molecule has 7 nitrogen and oxygen atoms in total. The molecule has 0 fully saturated rings. The van der Waals surface area contributed by atoms with Crippen LogP contribution in [-0.2, 0) is 4.79 Å². The number of hydrogen-bond donors (Lipinski definition) is 3. The van der Waals surface area contributed by atoms with Crippen molar-refractivity contribution in [2.24, 2.45) is 5.73 Å². The molecule has 1 rings (SSSR count). The van der Waals surface area contributed by atoms with Gasteiger partial charge in [0.2, 0.25) is 5.91 Å². The molecule has 0 saturated heterocycles. The van der Waals surface area contributed by atoms with Gasteiger partial charge >= 0.3 is 0 Å². The third-order valence-corrected chi connectivity index (χ3v) is 2.21. The molecule has 104 valence electrons. The van der Waals surface area contributed by atoms with E-state index in [4.69, 9.17) is 10.5 Å². The van der Waals surface area contributed by atoms with Crippen LogP contribution in [0.1, 0.15) is 30.8 Å². The summed E-state index contributed by atoms with van der Waals surface area (Å²) in [6.07, 6.45) is 2.07. The maximum atomic E-state index is 11.7. The van der Waals surface area contributed by atoms with Crippen LogP contribution in [0, 0.1) is 0 Å². The maximum absolute atomic E-state index is 11.7. The molecule has 0 aromatic carbocycles. The number of carbonyl (C=O) groups excluding carboxylic acids is 2. The highest BCUT2D eigenvalue weighted by atomic mass is 16.5. The van der Waals surface area contributed by atoms with Crippen LogP contribution in [0.3, 0.4) is 0 Å². The van der Waals surface area contributed by atoms with Crippen molar-refractivity contribution in [3.63, 3.8) is 0 Å². The zero-order chi connectivity index (χ0) is 14.4. The molecule has 0 unspecified atom stereocenters. The lowest BCUT2D eigenvalue weighted by Crippen LogP contribution is -2.41. The van der Waals surface area contributed by atoms with Gasteiger partial charge in [0.05, 0.1) is 12.6 Å². The van der Waals surface area contributed by atoms with Crippen LogP contribution >= 0.6 is 0 Å². The number of aromatic hydroxyl groups is 1. The van der Waals surface area contributed by atoms with Gasteiger partial charge in [-0.05, 0) is 13.3 Å². The molecule has 7 heteroatoms. The van der Waals surface area contributed by atoms with Crippen molar-refractivity contribution in [3.05, 3.63) is 18.0 Å². The Hall–Kier alpha value is -2.15. The van der Waals surface area contributed by atoms with E-state index in [-0.39, 0.29) is 11.4 Å². The summed E-state index contributed by atoms with van der Waals surface area (Å²) in [5.41, 5.74) is 5.05. The summed E-state index contributed by atoms with van der Waals surface area (Å²) in [7, 11) is 0. The first-order valence-electron chi connectivity index (χ1n) is 5.88. The number of nitrogens with two attached hydrogens (primary N) is 1. The van der Waals surface area contributed by atoms with Gasteiger partial charge in [-0.3, -0.25) is 14.9 Å². The molecule has 0 aliphatic carbocycles. The average molecular weight is 267 g/mol. The van der Waals surface area contributed by atoms with E-state index in [1.54, 1.807) is 0 Å². The highest BCUT2D eigenvalue weighted by Crippen LogP contribution is 2.28. The summed E-state index contributed by atoms with van der Waals surface area (Å²) < 4.78 is 5.25. The minimum Gasteiger partial charge on any atom is -0.503 e. The number of carbonyl (C=O) groups is 2. The first kappa shape index (κ1) is 14.9. The van der Waals surface area contributed by atoms with E-state index in [2.05, 4.69) is 4.98 Å². The first-order valence-corrected chi connectivity index (χ1v) is 5.88. The smallest absolute Gasteiger partial charge is 0.280 e. The number of nitrogens with one attached hydrogen (secondary N) is 1. The molecule has 4 N–H and O–H groups in total. The molecule has 0 spiro atoms. The molecule has 19 heavy (non-hydrogen) atoms. The second-order valence-corrected chi connectivity index (χ2v) is 3.96. The fourth-order valence-corrected chi connectivity index (χ4v) is 1.22. The van der Waals surface area contributed by atoms with Crippen molar-refractivity contribution >= 4 is 11.8 Å². The number of nitrogens with zero attached hydrogens (tertiary/aromatic N) is 1. The predicted octanol–water partition coefficient (Wildman–Crippen LogP) is 0.180. The third-order valence-electron chi connectivity index (χ3n) is 2.21. The van der Waals surface area contributed by atoms with E-state index in [0.717, 1.165) is 6.42 Å². The van der Waals surface area contributed by atoms with Crippen molar-refractivity contribution in [2.45, 2.75) is 26.3 Å². The minimum atomic E-state index is -0.828. The third kappa shape index (κ3) is 3.92. The van der Waals surface area contributed by atoms with E-state index in [1.165, 1.54) is 19.2 Å². The molecule has 1 atom stereocenters. The number of pyridine rings is 1. The molecule has 1 heterocycles. The number of rotatable bonds is 5. The molecule has 0 radical (unpaired) electrons. The lowest BCUT2D eigenvalue weighted by atomic mass is 10.2. The Bertz CT molecular complexity index is 474. The number of hydrogen-bond acceptors (Lipinski definition) is 6. The van der Waals surface area contributed by atoms with Crippen LogP contribution in [0.2, 0.25) is 0 Å². The summed E-state index contributed by atoms with van der Waals surface area (Å²) in [5.74, 6) is -1.71. The van der Waals surface area contributed by atoms with Gasteiger partial charge in [0.15, 0.2) is 17.2 Å². The topological polar surface area (TPSA) is 115 Å². The molecule has 0 aliphatic rings. The monoisotopic (exact) mass is 267 g/mol. The molecular weight excluding hydrogens is 250 g/mol. The Morgan fingerprint density at radius 1 is 1.58 bits per heavy atom. The summed E-state index contributed by atoms with van der Waals surface area (Å²) in [6, 6.07) is 0.612. The molecule has 2 amide bonds. The van der Waals surface area contributed by atoms with E-state index in [0.29, 0.717) is 6.61 Å². The van der Waals surface area contributed by atoms with Crippen molar-refractivity contribution < 1.29 is 19.4 Å². The van der Waals surface area contributed by atoms with Gasteiger partial charge < -0.3 is 15.6 Å². The van der Waals surface area contributed by atoms with E-state index < -0.39 is 23.6 Å². The van der Waals surface area contributed by atoms with Crippen molar-refractivity contribution in [3.8, 4) is 11.5 Å². The van der Waals surface area contributed by atoms with Crippen molar-refractivity contribution in [1.82, 2.24) is 10.3 Å². The summed E-state index contributed by atoms with van der Waals surface area (Å²) in [5, 5.41) is 11.9. The summed E-state index contributed by atoms with van der Waals surface area (Å²) in [4.78, 5) is 26.8. The fourth-order valence-electron chi connectivity index (χ4n) is 1.22. The second-order valence-electron chi connectivity index (χ2n) is 3.96. The minimum absolute atomic E-state index is 0.148. The largest absolute Gasteiger partial charge is 0.503 e. The number of amides is 2. The Labute approximate surface area is 110 Å². The Kier molecular flexibility index (Phi) is 5.25. The number of ether oxygens (including phenoxy) is 1. The van der Waals surface area contributed by atoms with E-state index in [1.807, 2.05) is 12.2 Å². The van der Waals surface area contributed by atoms with Crippen LogP contribution in [0.25, 0.3) is 0 Å². The van der Waals surface area contributed by atoms with Gasteiger partial charge in [0.1, 0.15) is 0 Å². The Morgan fingerprint density at radius 3 is 2.84 bits per heavy atom. The van der Waals surface area contributed by atoms with Gasteiger partial charge in [-0.15, -0.1) is 0 Å². The zero-order valence-corrected chi connectivity index (χ0v) is 10.8. The quantitative estimate of drug-likeness (QED) is 0.701. The molecule has 0 bridgehead atoms. The van der Waals surface area contributed by atoms with E-state index in [9.17, 15) is 14.7 Å². The normalized spacial score (nSPS) is 11.7. The number of aromatic nitrogens is 1. The molecule has 1 aromatic heterocycles. The average Bonchev–Trinajstić information content (AvgIpc) is 2.37. The molecular formula is C12H17N3O4. The second kappa shape index (κ2) is 6.69. The maximum Gasteiger partial charge on any atom is 0.280 e. The molecule has 0 aliphatic heterocycles. The Morgan fingerprint density at radius 2 is 2.26 bits per heavy atom. The summed E-state index contributed by atoms with van der Waals surface area (Å²) in [6.45, 7) is 3.75. The van der Waals surface area contributed by atoms with Gasteiger partial charge in [0.25, 0.3) is 5.91 Å². The fraction of sp³-hybridized carbons (Fsp3) is 0.417. The summed E-state index contributed by atoms with van der Waals surface area (Å²) >= 11 is 0.